The number of hydrazine groups is 1. The molecule has 2 amide bonds. The molecule has 0 spiro atoms. The van der Waals surface area contributed by atoms with E-state index in [0.29, 0.717) is 32.4 Å². The summed E-state index contributed by atoms with van der Waals surface area (Å²) in [7, 11) is 0. The van der Waals surface area contributed by atoms with Gasteiger partial charge in [0.15, 0.2) is 5.03 Å². The van der Waals surface area contributed by atoms with Crippen molar-refractivity contribution in [2.75, 3.05) is 13.1 Å². The number of nitrogens with two attached hydrogens (primary N) is 3. The number of guanidine groups is 1. The molecule has 1 saturated heterocycles. The van der Waals surface area contributed by atoms with Crippen LogP contribution in [0.1, 0.15) is 24.8 Å². The van der Waals surface area contributed by atoms with Crippen LogP contribution in [-0.4, -0.2) is 76.2 Å². The molecule has 0 saturated carbocycles. The van der Waals surface area contributed by atoms with Gasteiger partial charge in [0.25, 0.3) is 5.96 Å². The van der Waals surface area contributed by atoms with Gasteiger partial charge in [-0.2, -0.15) is 13.2 Å². The van der Waals surface area contributed by atoms with E-state index in [1.165, 1.54) is 0 Å². The van der Waals surface area contributed by atoms with Gasteiger partial charge in [-0.3, -0.25) is 14.5 Å². The number of amides is 2. The summed E-state index contributed by atoms with van der Waals surface area (Å²) >= 11 is 0. The van der Waals surface area contributed by atoms with Crippen LogP contribution in [0.4, 0.5) is 13.2 Å². The summed E-state index contributed by atoms with van der Waals surface area (Å²) in [6.45, 7) is 1.25. The number of hydrogen-bond acceptors (Lipinski definition) is 8. The number of rotatable bonds is 10. The first-order valence-electron chi connectivity index (χ1n) is 10.8. The molecular weight excluding hydrogens is 505 g/mol. The van der Waals surface area contributed by atoms with E-state index in [9.17, 15) is 32.9 Å². The number of carbonyl (C=O) groups is 3. The number of nitrogens with zero attached hydrogens (tertiary/aromatic N) is 3. The summed E-state index contributed by atoms with van der Waals surface area (Å²) < 4.78 is 31.7. The van der Waals surface area contributed by atoms with E-state index < -0.39 is 35.2 Å². The van der Waals surface area contributed by atoms with Crippen LogP contribution in [0.15, 0.2) is 35.3 Å². The van der Waals surface area contributed by atoms with E-state index in [0.717, 1.165) is 5.56 Å². The number of aliphatic imine (C=N–C) groups is 1. The number of carboxylic acids is 1. The summed E-state index contributed by atoms with van der Waals surface area (Å²) in [6, 6.07) is 8.25. The zero-order chi connectivity index (χ0) is 28.2. The van der Waals surface area contributed by atoms with Crippen molar-refractivity contribution in [2.45, 2.75) is 50.1 Å². The van der Waals surface area contributed by atoms with Crippen LogP contribution in [0, 0.1) is 10.1 Å². The number of likely N-dealkylation sites (tertiary alicyclic amines) is 1. The highest BCUT2D eigenvalue weighted by atomic mass is 19.4. The third kappa shape index (κ3) is 12.0. The molecule has 1 aliphatic rings. The molecule has 1 fully saturated rings. The fourth-order valence-corrected chi connectivity index (χ4v) is 3.38. The summed E-state index contributed by atoms with van der Waals surface area (Å²) in [6.07, 6.45) is -3.89. The Kier molecular flexibility index (Phi) is 12.2. The van der Waals surface area contributed by atoms with Gasteiger partial charge in [-0.25, -0.2) is 19.9 Å². The number of benzene rings is 1. The van der Waals surface area contributed by atoms with Crippen LogP contribution in [-0.2, 0) is 20.9 Å². The zero-order valence-corrected chi connectivity index (χ0v) is 19.6. The van der Waals surface area contributed by atoms with Crippen LogP contribution < -0.4 is 27.9 Å². The summed E-state index contributed by atoms with van der Waals surface area (Å²) in [5.74, 6) is -3.82. The SMILES string of the molecule is NC(=O)[C@@H]1C[C@@H](NC(=O)[C@@H](N)CCCN=C(N)N[N+](=O)[O-])CN1Cc1ccccc1.O=C(O)C(F)(F)F. The Morgan fingerprint density at radius 2 is 1.84 bits per heavy atom. The number of halogens is 3. The van der Waals surface area contributed by atoms with E-state index in [2.05, 4.69) is 10.3 Å². The van der Waals surface area contributed by atoms with Crippen molar-refractivity contribution < 1.29 is 37.7 Å². The van der Waals surface area contributed by atoms with Crippen LogP contribution in [0.2, 0.25) is 0 Å². The summed E-state index contributed by atoms with van der Waals surface area (Å²) in [5, 5.41) is 19.4. The van der Waals surface area contributed by atoms with E-state index in [1.54, 1.807) is 5.43 Å². The number of nitro groups is 1. The molecule has 37 heavy (non-hydrogen) atoms. The van der Waals surface area contributed by atoms with Gasteiger partial charge in [0, 0.05) is 25.7 Å². The second kappa shape index (κ2) is 14.5. The minimum absolute atomic E-state index is 0.200. The maximum absolute atomic E-state index is 12.4. The topological polar surface area (TPSA) is 232 Å². The Morgan fingerprint density at radius 3 is 2.35 bits per heavy atom. The highest BCUT2D eigenvalue weighted by Gasteiger charge is 2.38. The fraction of sp³-hybridized carbons (Fsp3) is 0.500. The Hall–Kier alpha value is -3.99. The van der Waals surface area contributed by atoms with Crippen LogP contribution in [0.3, 0.4) is 0 Å². The minimum atomic E-state index is -5.08. The molecule has 1 aliphatic heterocycles. The van der Waals surface area contributed by atoms with Crippen molar-refractivity contribution in [1.82, 2.24) is 15.6 Å². The molecule has 0 bridgehead atoms. The van der Waals surface area contributed by atoms with Gasteiger partial charge in [0.2, 0.25) is 11.8 Å². The first-order chi connectivity index (χ1) is 17.2. The molecule has 14 nitrogen and oxygen atoms in total. The molecule has 1 aromatic rings. The lowest BCUT2D eigenvalue weighted by Crippen LogP contribution is -2.46. The van der Waals surface area contributed by atoms with Gasteiger partial charge < -0.3 is 27.6 Å². The standard InChI is InChI=1S/C18H28N8O4.C2HF3O2/c19-14(7-4-8-22-18(21)24-26(29)30)17(28)23-13-9-15(16(20)27)25(11-13)10-12-5-2-1-3-6-12;3-2(4,5)1(6)7/h1-3,5-6,13-15H,4,7-11,19H2,(H2,20,27)(H,23,28)(H3,21,22,24);(H,6,7)/t13-,14+,15+;/m1./s1. The Labute approximate surface area is 209 Å². The number of nitrogens with one attached hydrogen (secondary N) is 2. The Morgan fingerprint density at radius 1 is 1.24 bits per heavy atom. The van der Waals surface area contributed by atoms with Crippen molar-refractivity contribution in [2.24, 2.45) is 22.2 Å². The first kappa shape index (κ1) is 31.0. The second-order valence-corrected chi connectivity index (χ2v) is 7.96. The van der Waals surface area contributed by atoms with Crippen LogP contribution >= 0.6 is 0 Å². The monoisotopic (exact) mass is 534 g/mol. The number of aliphatic carboxylic acids is 1. The fourth-order valence-electron chi connectivity index (χ4n) is 3.38. The van der Waals surface area contributed by atoms with E-state index >= 15 is 0 Å². The van der Waals surface area contributed by atoms with Gasteiger partial charge in [-0.05, 0) is 24.8 Å². The van der Waals surface area contributed by atoms with Crippen LogP contribution in [0.5, 0.6) is 0 Å². The summed E-state index contributed by atoms with van der Waals surface area (Å²) in [5.41, 5.74) is 19.6. The molecular formula is C20H29F3N8O6. The largest absolute Gasteiger partial charge is 0.490 e. The molecule has 206 valence electrons. The maximum Gasteiger partial charge on any atom is 0.490 e. The quantitative estimate of drug-likeness (QED) is 0.0709. The van der Waals surface area contributed by atoms with Crippen molar-refractivity contribution in [1.29, 1.82) is 0 Å². The maximum atomic E-state index is 12.4. The molecule has 0 unspecified atom stereocenters. The van der Waals surface area contributed by atoms with Gasteiger partial charge in [-0.1, -0.05) is 35.8 Å². The second-order valence-electron chi connectivity index (χ2n) is 7.96. The predicted molar refractivity (Wildman–Crippen MR) is 124 cm³/mol. The molecule has 0 aliphatic carbocycles. The Bertz CT molecular complexity index is 963. The normalized spacial score (nSPS) is 18.8. The average Bonchev–Trinajstić information content (AvgIpc) is 3.18. The third-order valence-electron chi connectivity index (χ3n) is 5.05. The third-order valence-corrected chi connectivity index (χ3v) is 5.05. The van der Waals surface area contributed by atoms with E-state index in [4.69, 9.17) is 27.1 Å². The highest BCUT2D eigenvalue weighted by molar-refractivity contribution is 5.83. The smallest absolute Gasteiger partial charge is 0.475 e. The van der Waals surface area contributed by atoms with Crippen molar-refractivity contribution in [3.63, 3.8) is 0 Å². The number of carboxylic acid groups (broad SMARTS) is 1. The molecule has 1 heterocycles. The first-order valence-corrected chi connectivity index (χ1v) is 10.8. The van der Waals surface area contributed by atoms with E-state index in [-0.39, 0.29) is 24.5 Å². The number of hydrogen-bond donors (Lipinski definition) is 6. The molecule has 9 N–H and O–H groups in total. The number of alkyl halides is 3. The minimum Gasteiger partial charge on any atom is -0.475 e. The van der Waals surface area contributed by atoms with Crippen molar-refractivity contribution in [3.05, 3.63) is 46.0 Å². The molecule has 2 rings (SSSR count). The molecule has 0 radical (unpaired) electrons. The molecule has 17 heteroatoms. The zero-order valence-electron chi connectivity index (χ0n) is 19.6. The predicted octanol–water partition coefficient (Wildman–Crippen LogP) is -0.932. The Balaban J connectivity index is 0.000000856. The van der Waals surface area contributed by atoms with Gasteiger partial charge in [-0.15, -0.1) is 0 Å². The van der Waals surface area contributed by atoms with Gasteiger partial charge in [0.05, 0.1) is 12.1 Å². The lowest BCUT2D eigenvalue weighted by atomic mass is 10.1. The number of carbonyl (C=O) groups excluding carboxylic acids is 2. The van der Waals surface area contributed by atoms with Crippen molar-refractivity contribution >= 4 is 23.7 Å². The highest BCUT2D eigenvalue weighted by Crippen LogP contribution is 2.21. The van der Waals surface area contributed by atoms with Gasteiger partial charge in [0.1, 0.15) is 0 Å². The number of primary amides is 1. The molecule has 1 aromatic carbocycles. The van der Waals surface area contributed by atoms with Crippen LogP contribution in [0.25, 0.3) is 0 Å². The van der Waals surface area contributed by atoms with Gasteiger partial charge >= 0.3 is 12.1 Å². The summed E-state index contributed by atoms with van der Waals surface area (Å²) in [4.78, 5) is 49.1. The molecule has 3 atom stereocenters. The van der Waals surface area contributed by atoms with E-state index in [1.807, 2.05) is 35.2 Å². The lowest BCUT2D eigenvalue weighted by Gasteiger charge is -2.21. The molecule has 0 aromatic heterocycles. The average molecular weight is 534 g/mol. The lowest BCUT2D eigenvalue weighted by molar-refractivity contribution is -0.525. The van der Waals surface area contributed by atoms with Crippen molar-refractivity contribution in [3.8, 4) is 0 Å².